The predicted molar refractivity (Wildman–Crippen MR) is 113 cm³/mol. The van der Waals surface area contributed by atoms with Crippen molar-refractivity contribution in [1.82, 2.24) is 0 Å². The normalized spacial score (nSPS) is 10.7. The van der Waals surface area contributed by atoms with Crippen LogP contribution in [0.4, 0.5) is 11.4 Å². The fourth-order valence-electron chi connectivity index (χ4n) is 2.63. The van der Waals surface area contributed by atoms with E-state index >= 15 is 0 Å². The van der Waals surface area contributed by atoms with Gasteiger partial charge in [-0.15, -0.1) is 5.11 Å². The van der Waals surface area contributed by atoms with Gasteiger partial charge in [0.05, 0.1) is 36.7 Å². The summed E-state index contributed by atoms with van der Waals surface area (Å²) >= 11 is 3.38. The Bertz CT molecular complexity index is 1060. The van der Waals surface area contributed by atoms with Gasteiger partial charge in [-0.2, -0.15) is 5.11 Å². The highest BCUT2D eigenvalue weighted by Gasteiger charge is 2.12. The van der Waals surface area contributed by atoms with Crippen LogP contribution in [-0.4, -0.2) is 26.2 Å². The van der Waals surface area contributed by atoms with Crippen molar-refractivity contribution in [2.24, 2.45) is 10.2 Å². The van der Waals surface area contributed by atoms with Gasteiger partial charge >= 0.3 is 11.9 Å². The van der Waals surface area contributed by atoms with Gasteiger partial charge in [0.2, 0.25) is 0 Å². The van der Waals surface area contributed by atoms with Gasteiger partial charge < -0.3 is 9.47 Å². The second kappa shape index (κ2) is 9.25. The van der Waals surface area contributed by atoms with E-state index < -0.39 is 11.9 Å². The molecular formula is C22H17BrN2O4. The van der Waals surface area contributed by atoms with Crippen molar-refractivity contribution in [3.63, 3.8) is 0 Å². The monoisotopic (exact) mass is 452 g/mol. The van der Waals surface area contributed by atoms with Crippen LogP contribution in [0, 0.1) is 0 Å². The second-order valence-electron chi connectivity index (χ2n) is 5.97. The predicted octanol–water partition coefficient (Wildman–Crippen LogP) is 6.10. The van der Waals surface area contributed by atoms with Crippen LogP contribution >= 0.6 is 15.9 Å². The Morgan fingerprint density at radius 3 is 1.97 bits per heavy atom. The smallest absolute Gasteiger partial charge is 0.337 e. The zero-order valence-electron chi connectivity index (χ0n) is 15.8. The van der Waals surface area contributed by atoms with Crippen molar-refractivity contribution >= 4 is 39.2 Å². The van der Waals surface area contributed by atoms with E-state index in [-0.39, 0.29) is 0 Å². The Morgan fingerprint density at radius 2 is 1.34 bits per heavy atom. The highest BCUT2D eigenvalue weighted by Crippen LogP contribution is 2.33. The molecule has 0 amide bonds. The lowest BCUT2D eigenvalue weighted by Crippen LogP contribution is -2.01. The van der Waals surface area contributed by atoms with Crippen LogP contribution in [0.5, 0.6) is 0 Å². The van der Waals surface area contributed by atoms with Crippen molar-refractivity contribution in [3.8, 4) is 11.1 Å². The molecule has 146 valence electrons. The molecule has 0 aliphatic heterocycles. The molecule has 0 saturated carbocycles. The summed E-state index contributed by atoms with van der Waals surface area (Å²) in [6, 6.07) is 19.4. The molecular weight excluding hydrogens is 436 g/mol. The van der Waals surface area contributed by atoms with Crippen molar-refractivity contribution in [2.75, 3.05) is 14.2 Å². The van der Waals surface area contributed by atoms with E-state index in [2.05, 4.69) is 26.2 Å². The van der Waals surface area contributed by atoms with Crippen LogP contribution < -0.4 is 0 Å². The molecule has 6 nitrogen and oxygen atoms in total. The van der Waals surface area contributed by atoms with Crippen LogP contribution in [0.25, 0.3) is 11.1 Å². The lowest BCUT2D eigenvalue weighted by atomic mass is 10.0. The van der Waals surface area contributed by atoms with Crippen LogP contribution in [-0.2, 0) is 9.47 Å². The number of azo groups is 1. The first-order valence-electron chi connectivity index (χ1n) is 8.60. The van der Waals surface area contributed by atoms with Gasteiger partial charge in [0.25, 0.3) is 0 Å². The first-order valence-corrected chi connectivity index (χ1v) is 9.39. The van der Waals surface area contributed by atoms with E-state index in [1.54, 1.807) is 42.5 Å². The first kappa shape index (κ1) is 20.4. The summed E-state index contributed by atoms with van der Waals surface area (Å²) in [5.41, 5.74) is 3.56. The van der Waals surface area contributed by atoms with Crippen molar-refractivity contribution in [1.29, 1.82) is 0 Å². The Labute approximate surface area is 176 Å². The Hall–Kier alpha value is -3.32. The zero-order chi connectivity index (χ0) is 20.8. The first-order chi connectivity index (χ1) is 14.0. The molecule has 0 aliphatic rings. The highest BCUT2D eigenvalue weighted by molar-refractivity contribution is 9.10. The fourth-order valence-corrected chi connectivity index (χ4v) is 2.89. The highest BCUT2D eigenvalue weighted by atomic mass is 79.9. The third kappa shape index (κ3) is 4.94. The van der Waals surface area contributed by atoms with E-state index in [0.29, 0.717) is 22.5 Å². The Balaban J connectivity index is 2.02. The van der Waals surface area contributed by atoms with Gasteiger partial charge in [-0.25, -0.2) is 9.59 Å². The number of rotatable bonds is 5. The third-order valence-corrected chi connectivity index (χ3v) is 4.66. The average Bonchev–Trinajstić information content (AvgIpc) is 2.77. The van der Waals surface area contributed by atoms with E-state index in [1.807, 2.05) is 24.3 Å². The summed E-state index contributed by atoms with van der Waals surface area (Å²) in [5.74, 6) is -0.870. The summed E-state index contributed by atoms with van der Waals surface area (Å²) < 4.78 is 10.5. The fraction of sp³-hybridized carbons (Fsp3) is 0.0909. The van der Waals surface area contributed by atoms with Gasteiger partial charge in [-0.3, -0.25) is 0 Å². The summed E-state index contributed by atoms with van der Waals surface area (Å²) in [5, 5.41) is 8.61. The molecule has 0 fully saturated rings. The number of halogens is 1. The summed E-state index contributed by atoms with van der Waals surface area (Å²) in [7, 11) is 2.66. The molecule has 0 aromatic heterocycles. The average molecular weight is 453 g/mol. The topological polar surface area (TPSA) is 77.3 Å². The Morgan fingerprint density at radius 1 is 0.759 bits per heavy atom. The van der Waals surface area contributed by atoms with Crippen LogP contribution in [0.1, 0.15) is 20.7 Å². The number of ether oxygens (including phenoxy) is 2. The van der Waals surface area contributed by atoms with E-state index in [9.17, 15) is 9.59 Å². The molecule has 0 spiro atoms. The summed E-state index contributed by atoms with van der Waals surface area (Å²) in [6.45, 7) is 0. The molecule has 3 aromatic carbocycles. The third-order valence-electron chi connectivity index (χ3n) is 4.14. The number of benzene rings is 3. The van der Waals surface area contributed by atoms with Gasteiger partial charge in [-0.1, -0.05) is 34.1 Å². The minimum Gasteiger partial charge on any atom is -0.465 e. The van der Waals surface area contributed by atoms with Gasteiger partial charge in [0, 0.05) is 10.0 Å². The van der Waals surface area contributed by atoms with Gasteiger partial charge in [0.1, 0.15) is 0 Å². The Kier molecular flexibility index (Phi) is 6.51. The maximum atomic E-state index is 11.9. The van der Waals surface area contributed by atoms with Crippen LogP contribution in [0.3, 0.4) is 0 Å². The van der Waals surface area contributed by atoms with Crippen molar-refractivity contribution < 1.29 is 19.1 Å². The summed E-state index contributed by atoms with van der Waals surface area (Å²) in [4.78, 5) is 23.6. The molecule has 0 bridgehead atoms. The minimum absolute atomic E-state index is 0.368. The molecule has 0 N–H and O–H groups in total. The number of nitrogens with zero attached hydrogens (tertiary/aromatic N) is 2. The maximum Gasteiger partial charge on any atom is 0.337 e. The molecule has 29 heavy (non-hydrogen) atoms. The number of esters is 2. The van der Waals surface area contributed by atoms with E-state index in [4.69, 9.17) is 9.47 Å². The van der Waals surface area contributed by atoms with E-state index in [1.165, 1.54) is 14.2 Å². The van der Waals surface area contributed by atoms with Crippen molar-refractivity contribution in [2.45, 2.75) is 0 Å². The number of hydrogen-bond donors (Lipinski definition) is 0. The molecule has 0 saturated heterocycles. The maximum absolute atomic E-state index is 11.9. The number of methoxy groups -OCH3 is 2. The minimum atomic E-state index is -0.460. The van der Waals surface area contributed by atoms with Gasteiger partial charge in [0.15, 0.2) is 0 Å². The molecule has 0 aliphatic carbocycles. The van der Waals surface area contributed by atoms with Crippen LogP contribution in [0.2, 0.25) is 0 Å². The zero-order valence-corrected chi connectivity index (χ0v) is 17.3. The largest absolute Gasteiger partial charge is 0.465 e. The standard InChI is InChI=1S/C22H17BrN2O4/c1-28-21(26)15-5-3-14(4-6-15)19-12-7-16(22(27)29-2)13-20(19)25-24-18-10-8-17(23)9-11-18/h3-13H,1-2H3. The molecule has 3 aromatic rings. The lowest BCUT2D eigenvalue weighted by molar-refractivity contribution is 0.0592. The molecule has 7 heteroatoms. The van der Waals surface area contributed by atoms with E-state index in [0.717, 1.165) is 15.6 Å². The quantitative estimate of drug-likeness (QED) is 0.345. The lowest BCUT2D eigenvalue weighted by Gasteiger charge is -2.08. The number of carbonyl (C=O) groups is 2. The summed E-state index contributed by atoms with van der Waals surface area (Å²) in [6.07, 6.45) is 0. The molecule has 0 atom stereocenters. The van der Waals surface area contributed by atoms with Crippen LogP contribution in [0.15, 0.2) is 81.4 Å². The molecule has 0 heterocycles. The SMILES string of the molecule is COC(=O)c1ccc(-c2ccc(C(=O)OC)cc2N=Nc2ccc(Br)cc2)cc1. The molecule has 0 unspecified atom stereocenters. The molecule has 0 radical (unpaired) electrons. The number of carbonyl (C=O) groups excluding carboxylic acids is 2. The van der Waals surface area contributed by atoms with Gasteiger partial charge in [-0.05, 0) is 54.1 Å². The van der Waals surface area contributed by atoms with Crippen molar-refractivity contribution in [3.05, 3.63) is 82.3 Å². The molecule has 3 rings (SSSR count). The second-order valence-corrected chi connectivity index (χ2v) is 6.88. The number of hydrogen-bond acceptors (Lipinski definition) is 6.